The molecule has 6 aliphatic rings. The second kappa shape index (κ2) is 25.8. The van der Waals surface area contributed by atoms with Crippen molar-refractivity contribution in [2.75, 3.05) is 46.2 Å². The first kappa shape index (κ1) is 65.7. The highest BCUT2D eigenvalue weighted by Crippen LogP contribution is 2.59. The molecule has 34 atom stereocenters. The maximum atomic E-state index is 14.6. The van der Waals surface area contributed by atoms with Crippen molar-refractivity contribution in [3.8, 4) is 0 Å². The molecule has 78 heavy (non-hydrogen) atoms. The summed E-state index contributed by atoms with van der Waals surface area (Å²) in [6.07, 6.45) is -93.5. The number of aliphatic hydroxyl groups excluding tert-OH is 27. The van der Waals surface area contributed by atoms with E-state index in [1.165, 1.54) is 0 Å². The van der Waals surface area contributed by atoms with Gasteiger partial charge >= 0.3 is 0 Å². The van der Waals surface area contributed by atoms with E-state index in [1.807, 2.05) is 0 Å². The standard InChI is InChI=1S/C42H74O36/c43-1-8(50)33(69)40(70,34-27(63)21(57)15(51)9(2-44)71-34)42(37-30(66)24(60)18(54)12(5-47)74-37,78-39-32(68)26(62)20(56)14(7-49)76-39)41(35-28(64)22(58)16(52)10(3-45)72-35,36-29(65)23(59)17(53)11(4-46)73-36)77-38-31(67)25(61)19(55)13(6-48)75-38/h8-39,43-70H,1-7H2/t8-,9-,10-,11-,12-,13-,14-,15-,16-,17-,18-,19-,20-,21+,22+,23+,24+,25+,26+,27-,28-,29-,30-,31-,32-,33-,34?,35?,36?,37?,38?,39?,40-,41?,42+/m1/s1. The summed E-state index contributed by atoms with van der Waals surface area (Å²) in [7, 11) is 0. The van der Waals surface area contributed by atoms with Crippen LogP contribution in [-0.2, 0) is 37.9 Å². The summed E-state index contributed by atoms with van der Waals surface area (Å²) in [6.45, 7) is -11.1. The van der Waals surface area contributed by atoms with Crippen LogP contribution in [0.15, 0.2) is 0 Å². The fraction of sp³-hybridized carbons (Fsp3) is 1.00. The van der Waals surface area contributed by atoms with E-state index >= 15 is 0 Å². The number of hydrogen-bond donors (Lipinski definition) is 28. The first-order valence-electron chi connectivity index (χ1n) is 24.4. The maximum Gasteiger partial charge on any atom is 0.187 e. The lowest BCUT2D eigenvalue weighted by Gasteiger charge is -2.70. The summed E-state index contributed by atoms with van der Waals surface area (Å²) < 4.78 is 48.2. The zero-order chi connectivity index (χ0) is 58.6. The molecule has 458 valence electrons. The first-order chi connectivity index (χ1) is 36.6. The number of ether oxygens (including phenoxy) is 8. The largest absolute Gasteiger partial charge is 0.394 e. The van der Waals surface area contributed by atoms with Gasteiger partial charge in [0.05, 0.1) is 46.2 Å². The van der Waals surface area contributed by atoms with Gasteiger partial charge in [0.25, 0.3) is 0 Å². The normalized spacial score (nSPS) is 50.9. The van der Waals surface area contributed by atoms with Gasteiger partial charge in [0.15, 0.2) is 29.4 Å². The minimum Gasteiger partial charge on any atom is -0.394 e. The van der Waals surface area contributed by atoms with Gasteiger partial charge in [-0.3, -0.25) is 0 Å². The average molecular weight is 1160 g/mol. The van der Waals surface area contributed by atoms with Crippen molar-refractivity contribution in [3.05, 3.63) is 0 Å². The quantitative estimate of drug-likeness (QED) is 0.0571. The van der Waals surface area contributed by atoms with Crippen LogP contribution in [0.5, 0.6) is 0 Å². The Morgan fingerprint density at radius 3 is 0.885 bits per heavy atom. The van der Waals surface area contributed by atoms with E-state index in [0.717, 1.165) is 0 Å². The van der Waals surface area contributed by atoms with Crippen LogP contribution in [0.4, 0.5) is 0 Å². The van der Waals surface area contributed by atoms with Crippen LogP contribution in [0.2, 0.25) is 0 Å². The Labute approximate surface area is 439 Å². The topological polar surface area (TPSA) is 640 Å². The van der Waals surface area contributed by atoms with Crippen molar-refractivity contribution in [1.29, 1.82) is 0 Å². The van der Waals surface area contributed by atoms with Crippen molar-refractivity contribution < 1.29 is 181 Å². The SMILES string of the molecule is OC[C@@H](O)[C@@H](O)[C@@](O)(C1O[C@H](CO)[C@@H](O)[C@H](O)[C@H]1O)[C@@](OC1O[C@H](CO)[C@@H](O)[C@H](O)[C@H]1O)(C1O[C@H](CO)[C@@H](O)[C@H](O)[C@H]1O)C(OC1O[C@H](CO)[C@@H](O)[C@H](O)[C@H]1O)(C1O[C@H](CO)[C@@H](O)[C@H](O)[C@H]1O)C1O[C@H](CO)[C@@H](O)[C@H](O)[C@H]1O. The average Bonchev–Trinajstić information content (AvgIpc) is 3.24. The zero-order valence-corrected chi connectivity index (χ0v) is 40.7. The predicted octanol–water partition coefficient (Wildman–Crippen LogP) is -19.1. The minimum atomic E-state index is -5.02. The fourth-order valence-electron chi connectivity index (χ4n) is 11.3. The highest BCUT2D eigenvalue weighted by molar-refractivity contribution is 5.33. The molecule has 6 fully saturated rings. The van der Waals surface area contributed by atoms with E-state index in [0.29, 0.717) is 0 Å². The van der Waals surface area contributed by atoms with Crippen LogP contribution in [0.25, 0.3) is 0 Å². The predicted molar refractivity (Wildman–Crippen MR) is 234 cm³/mol. The Balaban J connectivity index is 2.02. The summed E-state index contributed by atoms with van der Waals surface area (Å²) in [6, 6.07) is 0. The molecule has 0 aromatic heterocycles. The van der Waals surface area contributed by atoms with E-state index < -0.39 is 259 Å². The van der Waals surface area contributed by atoms with Crippen molar-refractivity contribution in [1.82, 2.24) is 0 Å². The van der Waals surface area contributed by atoms with Crippen molar-refractivity contribution in [2.24, 2.45) is 0 Å². The van der Waals surface area contributed by atoms with Crippen LogP contribution in [-0.4, -0.2) is 402 Å². The fourth-order valence-corrected chi connectivity index (χ4v) is 11.3. The van der Waals surface area contributed by atoms with Crippen molar-refractivity contribution in [3.63, 3.8) is 0 Å². The Hall–Kier alpha value is -1.44. The third-order valence-electron chi connectivity index (χ3n) is 15.7. The number of aliphatic hydroxyl groups is 28. The molecule has 6 rings (SSSR count). The van der Waals surface area contributed by atoms with Crippen molar-refractivity contribution in [2.45, 2.75) is 213 Å². The Bertz CT molecular complexity index is 1840. The Kier molecular flexibility index (Phi) is 21.7. The van der Waals surface area contributed by atoms with Crippen molar-refractivity contribution >= 4 is 0 Å². The lowest BCUT2D eigenvalue weighted by atomic mass is 9.53. The Morgan fingerprint density at radius 1 is 0.308 bits per heavy atom. The molecular weight excluding hydrogens is 1080 g/mol. The monoisotopic (exact) mass is 1150 g/mol. The molecule has 0 saturated carbocycles. The third-order valence-corrected chi connectivity index (χ3v) is 15.7. The van der Waals surface area contributed by atoms with Crippen LogP contribution in [0.3, 0.4) is 0 Å². The van der Waals surface area contributed by atoms with E-state index in [-0.39, 0.29) is 0 Å². The second-order valence-electron chi connectivity index (χ2n) is 20.2. The van der Waals surface area contributed by atoms with Gasteiger partial charge in [0, 0.05) is 0 Å². The van der Waals surface area contributed by atoms with Gasteiger partial charge in [-0.25, -0.2) is 0 Å². The summed E-state index contributed by atoms with van der Waals surface area (Å²) in [5.74, 6) is 0. The van der Waals surface area contributed by atoms with Gasteiger partial charge < -0.3 is 181 Å². The zero-order valence-electron chi connectivity index (χ0n) is 40.7. The number of rotatable bonds is 19. The smallest absolute Gasteiger partial charge is 0.187 e. The molecule has 6 unspecified atom stereocenters. The van der Waals surface area contributed by atoms with E-state index in [2.05, 4.69) is 0 Å². The van der Waals surface area contributed by atoms with Crippen LogP contribution in [0, 0.1) is 0 Å². The summed E-state index contributed by atoms with van der Waals surface area (Å²) in [5, 5.41) is 324. The molecule has 36 heteroatoms. The highest BCUT2D eigenvalue weighted by Gasteiger charge is 2.86. The first-order valence-corrected chi connectivity index (χ1v) is 24.4. The molecule has 0 spiro atoms. The molecule has 0 aromatic carbocycles. The summed E-state index contributed by atoms with van der Waals surface area (Å²) >= 11 is 0. The van der Waals surface area contributed by atoms with Gasteiger partial charge in [-0.15, -0.1) is 0 Å². The third kappa shape index (κ3) is 10.7. The molecule has 0 aliphatic carbocycles. The van der Waals surface area contributed by atoms with Gasteiger partial charge in [-0.1, -0.05) is 0 Å². The van der Waals surface area contributed by atoms with Crippen LogP contribution >= 0.6 is 0 Å². The molecule has 0 aromatic rings. The van der Waals surface area contributed by atoms with E-state index in [4.69, 9.17) is 37.9 Å². The molecule has 0 amide bonds. The molecule has 28 N–H and O–H groups in total. The van der Waals surface area contributed by atoms with Gasteiger partial charge in [0.1, 0.15) is 183 Å². The molecule has 36 nitrogen and oxygen atoms in total. The molecule has 6 heterocycles. The number of hydrogen-bond acceptors (Lipinski definition) is 36. The van der Waals surface area contributed by atoms with E-state index in [1.54, 1.807) is 0 Å². The summed E-state index contributed by atoms with van der Waals surface area (Å²) in [5.41, 5.74) is -14.7. The molecule has 6 saturated heterocycles. The molecule has 6 aliphatic heterocycles. The Morgan fingerprint density at radius 2 is 0.564 bits per heavy atom. The molecule has 0 radical (unpaired) electrons. The van der Waals surface area contributed by atoms with Crippen LogP contribution < -0.4 is 0 Å². The highest BCUT2D eigenvalue weighted by atomic mass is 16.8. The van der Waals surface area contributed by atoms with Gasteiger partial charge in [-0.05, 0) is 0 Å². The molecule has 0 bridgehead atoms. The minimum absolute atomic E-state index is 1.42. The van der Waals surface area contributed by atoms with Gasteiger partial charge in [-0.2, -0.15) is 0 Å². The van der Waals surface area contributed by atoms with Crippen LogP contribution in [0.1, 0.15) is 0 Å². The maximum absolute atomic E-state index is 14.6. The molecular formula is C42H74O36. The van der Waals surface area contributed by atoms with Gasteiger partial charge in [0.2, 0.25) is 0 Å². The second-order valence-corrected chi connectivity index (χ2v) is 20.2. The summed E-state index contributed by atoms with van der Waals surface area (Å²) in [4.78, 5) is 0. The lowest BCUT2D eigenvalue weighted by Crippen LogP contribution is -2.94. The van der Waals surface area contributed by atoms with E-state index in [9.17, 15) is 143 Å². The lowest BCUT2D eigenvalue weighted by molar-refractivity contribution is -0.487.